The summed E-state index contributed by atoms with van der Waals surface area (Å²) in [6.07, 6.45) is 0. The highest BCUT2D eigenvalue weighted by atomic mass is 16.5. The first-order chi connectivity index (χ1) is 9.77. The Morgan fingerprint density at radius 3 is 1.75 bits per heavy atom. The van der Waals surface area contributed by atoms with E-state index in [2.05, 4.69) is 5.32 Å². The Morgan fingerprint density at radius 2 is 1.40 bits per heavy atom. The fourth-order valence-corrected chi connectivity index (χ4v) is 2.45. The molecule has 3 heteroatoms. The van der Waals surface area contributed by atoms with E-state index in [-0.39, 0.29) is 11.9 Å². The van der Waals surface area contributed by atoms with E-state index in [0.29, 0.717) is 0 Å². The molecule has 2 rings (SSSR count). The number of likely N-dealkylation sites (N-methyl/N-ethyl adjacent to an activating group) is 1. The summed E-state index contributed by atoms with van der Waals surface area (Å²) >= 11 is 0. The molecule has 0 radical (unpaired) electrons. The fraction of sp³-hybridized carbons (Fsp3) is 0.235. The van der Waals surface area contributed by atoms with Crippen LogP contribution in [0.1, 0.15) is 17.0 Å². The number of benzene rings is 2. The van der Waals surface area contributed by atoms with E-state index in [9.17, 15) is 4.79 Å². The van der Waals surface area contributed by atoms with E-state index in [4.69, 9.17) is 4.74 Å². The topological polar surface area (TPSA) is 38.3 Å². The summed E-state index contributed by atoms with van der Waals surface area (Å²) in [4.78, 5) is 12.0. The van der Waals surface area contributed by atoms with Crippen molar-refractivity contribution in [2.45, 2.75) is 12.0 Å². The molecule has 0 heterocycles. The molecular weight excluding hydrogens is 250 g/mol. The van der Waals surface area contributed by atoms with Crippen molar-refractivity contribution in [2.24, 2.45) is 0 Å². The smallest absolute Gasteiger partial charge is 0.323 e. The Morgan fingerprint density at radius 1 is 0.950 bits per heavy atom. The standard InChI is InChI=1S/C17H19NO2/c1-18-16(17(19)20-2)15(13-9-5-3-6-10-13)14-11-7-4-8-12-14/h3-12,15-16,18H,1-2H3. The summed E-state index contributed by atoms with van der Waals surface area (Å²) in [6, 6.07) is 19.6. The summed E-state index contributed by atoms with van der Waals surface area (Å²) in [5.41, 5.74) is 2.17. The Balaban J connectivity index is 2.47. The van der Waals surface area contributed by atoms with E-state index in [0.717, 1.165) is 11.1 Å². The van der Waals surface area contributed by atoms with Crippen molar-refractivity contribution in [1.29, 1.82) is 0 Å². The van der Waals surface area contributed by atoms with Crippen LogP contribution in [0.25, 0.3) is 0 Å². The number of rotatable bonds is 5. The number of esters is 1. The predicted octanol–water partition coefficient (Wildman–Crippen LogP) is 2.58. The third-order valence-corrected chi connectivity index (χ3v) is 3.42. The van der Waals surface area contributed by atoms with Crippen LogP contribution in [0.5, 0.6) is 0 Å². The SMILES string of the molecule is CNC(C(=O)OC)C(c1ccccc1)c1ccccc1. The van der Waals surface area contributed by atoms with Crippen LogP contribution in [0.2, 0.25) is 0 Å². The molecule has 0 saturated carbocycles. The number of carbonyl (C=O) groups is 1. The van der Waals surface area contributed by atoms with Gasteiger partial charge in [0.2, 0.25) is 0 Å². The lowest BCUT2D eigenvalue weighted by Crippen LogP contribution is -2.40. The maximum atomic E-state index is 12.0. The summed E-state index contributed by atoms with van der Waals surface area (Å²) in [5, 5.41) is 3.08. The maximum absolute atomic E-state index is 12.0. The molecule has 1 N–H and O–H groups in total. The second-order valence-electron chi connectivity index (χ2n) is 4.59. The number of nitrogens with one attached hydrogen (secondary N) is 1. The van der Waals surface area contributed by atoms with Crippen molar-refractivity contribution in [3.8, 4) is 0 Å². The molecular formula is C17H19NO2. The molecule has 0 spiro atoms. The van der Waals surface area contributed by atoms with Crippen molar-refractivity contribution < 1.29 is 9.53 Å². The van der Waals surface area contributed by atoms with Gasteiger partial charge in [0.1, 0.15) is 6.04 Å². The van der Waals surface area contributed by atoms with Crippen molar-refractivity contribution in [1.82, 2.24) is 5.32 Å². The number of hydrogen-bond donors (Lipinski definition) is 1. The largest absolute Gasteiger partial charge is 0.468 e. The molecule has 0 aliphatic heterocycles. The Bertz CT molecular complexity index is 500. The first-order valence-corrected chi connectivity index (χ1v) is 6.63. The van der Waals surface area contributed by atoms with E-state index in [1.54, 1.807) is 7.05 Å². The molecule has 3 nitrogen and oxygen atoms in total. The van der Waals surface area contributed by atoms with Crippen molar-refractivity contribution in [3.05, 3.63) is 71.8 Å². The zero-order chi connectivity index (χ0) is 14.4. The van der Waals surface area contributed by atoms with Gasteiger partial charge in [0.25, 0.3) is 0 Å². The van der Waals surface area contributed by atoms with Gasteiger partial charge in [-0.1, -0.05) is 60.7 Å². The zero-order valence-corrected chi connectivity index (χ0v) is 11.7. The molecule has 2 aromatic rings. The number of hydrogen-bond acceptors (Lipinski definition) is 3. The lowest BCUT2D eigenvalue weighted by molar-refractivity contribution is -0.143. The molecule has 0 fully saturated rings. The lowest BCUT2D eigenvalue weighted by Gasteiger charge is -2.25. The van der Waals surface area contributed by atoms with Crippen molar-refractivity contribution in [2.75, 3.05) is 14.2 Å². The third-order valence-electron chi connectivity index (χ3n) is 3.42. The highest BCUT2D eigenvalue weighted by Gasteiger charge is 2.30. The van der Waals surface area contributed by atoms with Crippen LogP contribution in [0.3, 0.4) is 0 Å². The van der Waals surface area contributed by atoms with Gasteiger partial charge in [0.15, 0.2) is 0 Å². The highest BCUT2D eigenvalue weighted by Crippen LogP contribution is 2.28. The van der Waals surface area contributed by atoms with Gasteiger partial charge in [-0.25, -0.2) is 0 Å². The summed E-state index contributed by atoms with van der Waals surface area (Å²) < 4.78 is 4.93. The first kappa shape index (κ1) is 14.3. The average molecular weight is 269 g/mol. The molecule has 1 atom stereocenters. The van der Waals surface area contributed by atoms with Gasteiger partial charge in [-0.2, -0.15) is 0 Å². The third kappa shape index (κ3) is 3.06. The number of methoxy groups -OCH3 is 1. The lowest BCUT2D eigenvalue weighted by atomic mass is 9.85. The van der Waals surface area contributed by atoms with Crippen molar-refractivity contribution in [3.63, 3.8) is 0 Å². The van der Waals surface area contributed by atoms with Crippen LogP contribution < -0.4 is 5.32 Å². The van der Waals surface area contributed by atoms with Crippen LogP contribution in [-0.4, -0.2) is 26.2 Å². The minimum atomic E-state index is -0.412. The Hall–Kier alpha value is -2.13. The molecule has 0 aliphatic carbocycles. The van der Waals surface area contributed by atoms with Gasteiger partial charge in [-0.05, 0) is 18.2 Å². The Kier molecular flexibility index (Phi) is 4.91. The van der Waals surface area contributed by atoms with Gasteiger partial charge < -0.3 is 10.1 Å². The molecule has 104 valence electrons. The van der Waals surface area contributed by atoms with Crippen LogP contribution in [0, 0.1) is 0 Å². The average Bonchev–Trinajstić information content (AvgIpc) is 2.53. The monoisotopic (exact) mass is 269 g/mol. The number of carbonyl (C=O) groups excluding carboxylic acids is 1. The molecule has 1 unspecified atom stereocenters. The van der Waals surface area contributed by atoms with Gasteiger partial charge in [-0.15, -0.1) is 0 Å². The molecule has 2 aromatic carbocycles. The quantitative estimate of drug-likeness (QED) is 0.848. The molecule has 0 saturated heterocycles. The summed E-state index contributed by atoms with van der Waals surface area (Å²) in [7, 11) is 3.19. The predicted molar refractivity (Wildman–Crippen MR) is 79.6 cm³/mol. The van der Waals surface area contributed by atoms with E-state index in [1.165, 1.54) is 7.11 Å². The fourth-order valence-electron chi connectivity index (χ4n) is 2.45. The molecule has 0 aromatic heterocycles. The zero-order valence-electron chi connectivity index (χ0n) is 11.7. The van der Waals surface area contributed by atoms with Gasteiger partial charge in [0.05, 0.1) is 7.11 Å². The number of ether oxygens (including phenoxy) is 1. The van der Waals surface area contributed by atoms with E-state index in [1.807, 2.05) is 60.7 Å². The van der Waals surface area contributed by atoms with Crippen LogP contribution in [0.15, 0.2) is 60.7 Å². The van der Waals surface area contributed by atoms with Gasteiger partial charge in [0, 0.05) is 5.92 Å². The van der Waals surface area contributed by atoms with Crippen molar-refractivity contribution >= 4 is 5.97 Å². The van der Waals surface area contributed by atoms with Crippen LogP contribution >= 0.6 is 0 Å². The van der Waals surface area contributed by atoms with Gasteiger partial charge >= 0.3 is 5.97 Å². The molecule has 0 bridgehead atoms. The summed E-state index contributed by atoms with van der Waals surface area (Å²) in [5.74, 6) is -0.333. The Labute approximate surface area is 119 Å². The van der Waals surface area contributed by atoms with E-state index >= 15 is 0 Å². The van der Waals surface area contributed by atoms with Gasteiger partial charge in [-0.3, -0.25) is 4.79 Å². The molecule has 0 aliphatic rings. The minimum absolute atomic E-state index is 0.0742. The van der Waals surface area contributed by atoms with Crippen LogP contribution in [-0.2, 0) is 9.53 Å². The molecule has 0 amide bonds. The second-order valence-corrected chi connectivity index (χ2v) is 4.59. The molecule has 20 heavy (non-hydrogen) atoms. The normalized spacial score (nSPS) is 12.2. The maximum Gasteiger partial charge on any atom is 0.323 e. The highest BCUT2D eigenvalue weighted by molar-refractivity contribution is 5.78. The summed E-state index contributed by atoms with van der Waals surface area (Å²) in [6.45, 7) is 0. The second kappa shape index (κ2) is 6.87. The van der Waals surface area contributed by atoms with Crippen LogP contribution in [0.4, 0.5) is 0 Å². The van der Waals surface area contributed by atoms with E-state index < -0.39 is 6.04 Å². The first-order valence-electron chi connectivity index (χ1n) is 6.63. The minimum Gasteiger partial charge on any atom is -0.468 e.